The number of fused-ring (bicyclic) bond motifs is 12. The summed E-state index contributed by atoms with van der Waals surface area (Å²) in [6.45, 7) is 3.08. The molecule has 0 aromatic heterocycles. The molecule has 14 nitrogen and oxygen atoms in total. The number of amides is 4. The van der Waals surface area contributed by atoms with Crippen LogP contribution in [0, 0.1) is 5.92 Å². The molecule has 10 rings (SSSR count). The highest BCUT2D eigenvalue weighted by atomic mass is 33.5. The average Bonchev–Trinajstić information content (AvgIpc) is 3.70. The molecule has 2 bridgehead atoms. The van der Waals surface area contributed by atoms with E-state index in [2.05, 4.69) is 10.6 Å². The summed E-state index contributed by atoms with van der Waals surface area (Å²) in [5.41, 5.74) is -3.90. The van der Waals surface area contributed by atoms with Crippen LogP contribution in [0.4, 0.5) is 11.4 Å². The number of aliphatic hydroxyl groups is 3. The van der Waals surface area contributed by atoms with Crippen LogP contribution in [0.15, 0.2) is 48.5 Å². The predicted octanol–water partition coefficient (Wildman–Crippen LogP) is 0.511. The van der Waals surface area contributed by atoms with Crippen LogP contribution in [0.25, 0.3) is 0 Å². The van der Waals surface area contributed by atoms with Crippen LogP contribution in [0.1, 0.15) is 25.0 Å². The van der Waals surface area contributed by atoms with Crippen molar-refractivity contribution in [3.63, 3.8) is 0 Å². The SMILES string of the molecule is CO[C@@]12C(=O)N(C)[C@@H](CO)C(=O)N1[C@@H]1Nc3ccccc3C1([C@@]13c4ccccc4N[C@@H]1N1C(=O)[C@]4(C(C)C)SSSC1(C(=O)N4C)C3O)[C@H]2O. The zero-order valence-corrected chi connectivity index (χ0v) is 30.1. The van der Waals surface area contributed by atoms with E-state index in [1.807, 2.05) is 26.0 Å². The number of anilines is 2. The van der Waals surface area contributed by atoms with Crippen LogP contribution >= 0.6 is 31.4 Å². The Morgan fingerprint density at radius 2 is 1.38 bits per heavy atom. The lowest BCUT2D eigenvalue weighted by atomic mass is 9.51. The number of nitrogens with zero attached hydrogens (tertiary/aromatic N) is 4. The number of carbonyl (C=O) groups excluding carboxylic acids is 4. The summed E-state index contributed by atoms with van der Waals surface area (Å²) < 4.78 is 6.04. The summed E-state index contributed by atoms with van der Waals surface area (Å²) >= 11 is 0. The molecule has 2 aromatic rings. The van der Waals surface area contributed by atoms with Crippen molar-refractivity contribution >= 4 is 66.4 Å². The predicted molar refractivity (Wildman–Crippen MR) is 186 cm³/mol. The summed E-state index contributed by atoms with van der Waals surface area (Å²) in [6, 6.07) is 13.0. The first-order chi connectivity index (χ1) is 23.8. The van der Waals surface area contributed by atoms with Gasteiger partial charge < -0.3 is 40.5 Å². The number of benzene rings is 2. The number of ether oxygens (including phenoxy) is 1. The number of hydrogen-bond acceptors (Lipinski definition) is 13. The van der Waals surface area contributed by atoms with Crippen LogP contribution in [-0.4, -0.2) is 132 Å². The molecular weight excluding hydrogens is 705 g/mol. The van der Waals surface area contributed by atoms with Crippen molar-refractivity contribution in [3.8, 4) is 0 Å². The van der Waals surface area contributed by atoms with E-state index in [1.54, 1.807) is 43.4 Å². The van der Waals surface area contributed by atoms with E-state index >= 15 is 9.59 Å². The Morgan fingerprint density at radius 1 is 0.820 bits per heavy atom. The maximum Gasteiger partial charge on any atom is 0.279 e. The van der Waals surface area contributed by atoms with Crippen molar-refractivity contribution in [3.05, 3.63) is 59.7 Å². The molecule has 0 radical (unpaired) electrons. The van der Waals surface area contributed by atoms with Crippen LogP contribution in [0.2, 0.25) is 0 Å². The van der Waals surface area contributed by atoms with Crippen molar-refractivity contribution < 1.29 is 39.2 Å². The van der Waals surface area contributed by atoms with Crippen molar-refractivity contribution in [1.29, 1.82) is 0 Å². The Kier molecular flexibility index (Phi) is 6.55. The molecule has 10 atom stereocenters. The molecule has 8 aliphatic heterocycles. The molecule has 0 saturated carbocycles. The lowest BCUT2D eigenvalue weighted by Gasteiger charge is -2.52. The van der Waals surface area contributed by atoms with E-state index in [0.717, 1.165) is 15.7 Å². The van der Waals surface area contributed by atoms with E-state index in [-0.39, 0.29) is 11.8 Å². The number of piperazine rings is 2. The zero-order valence-electron chi connectivity index (χ0n) is 27.7. The Bertz CT molecular complexity index is 1920. The minimum atomic E-state index is -2.32. The Labute approximate surface area is 299 Å². The molecule has 17 heteroatoms. The Hall–Kier alpha value is -3.19. The first kappa shape index (κ1) is 32.7. The molecule has 0 aliphatic carbocycles. The number of methoxy groups -OCH3 is 1. The number of aliphatic hydroxyl groups excluding tert-OH is 3. The fourth-order valence-electron chi connectivity index (χ4n) is 10.5. The summed E-state index contributed by atoms with van der Waals surface area (Å²) in [5, 5.41) is 44.1. The molecule has 3 unspecified atom stereocenters. The highest BCUT2D eigenvalue weighted by Gasteiger charge is 2.91. The third-order valence-electron chi connectivity index (χ3n) is 12.6. The molecule has 264 valence electrons. The van der Waals surface area contributed by atoms with Crippen molar-refractivity contribution in [2.24, 2.45) is 5.92 Å². The molecule has 1 spiro atoms. The van der Waals surface area contributed by atoms with Gasteiger partial charge in [0, 0.05) is 32.6 Å². The van der Waals surface area contributed by atoms with Gasteiger partial charge in [0.15, 0.2) is 4.87 Å². The molecule has 5 N–H and O–H groups in total. The number of carbonyl (C=O) groups is 4. The van der Waals surface area contributed by atoms with E-state index in [9.17, 15) is 24.9 Å². The maximum atomic E-state index is 15.3. The smallest absolute Gasteiger partial charge is 0.279 e. The third-order valence-corrected chi connectivity index (χ3v) is 17.9. The highest BCUT2D eigenvalue weighted by molar-refractivity contribution is 9.10. The molecule has 8 heterocycles. The minimum Gasteiger partial charge on any atom is -0.394 e. The van der Waals surface area contributed by atoms with Gasteiger partial charge in [0.05, 0.1) is 17.4 Å². The first-order valence-corrected chi connectivity index (χ1v) is 19.8. The van der Waals surface area contributed by atoms with Gasteiger partial charge in [-0.1, -0.05) is 50.2 Å². The van der Waals surface area contributed by atoms with E-state index in [1.165, 1.54) is 49.5 Å². The molecular formula is C33H36N6O8S3. The molecule has 4 amide bonds. The summed E-state index contributed by atoms with van der Waals surface area (Å²) in [5.74, 6) is -2.63. The van der Waals surface area contributed by atoms with Crippen molar-refractivity contribution in [2.45, 2.75) is 70.7 Å². The number of hydrogen-bond donors (Lipinski definition) is 5. The van der Waals surface area contributed by atoms with Gasteiger partial charge >= 0.3 is 0 Å². The van der Waals surface area contributed by atoms with Crippen LogP contribution < -0.4 is 10.6 Å². The van der Waals surface area contributed by atoms with Gasteiger partial charge in [-0.05, 0) is 60.6 Å². The second-order valence-corrected chi connectivity index (χ2v) is 18.6. The third kappa shape index (κ3) is 2.95. The monoisotopic (exact) mass is 740 g/mol. The highest BCUT2D eigenvalue weighted by Crippen LogP contribution is 2.76. The van der Waals surface area contributed by atoms with E-state index in [4.69, 9.17) is 4.74 Å². The van der Waals surface area contributed by atoms with Gasteiger partial charge in [-0.3, -0.25) is 29.0 Å². The molecule has 6 saturated heterocycles. The van der Waals surface area contributed by atoms with Gasteiger partial charge in [-0.15, -0.1) is 0 Å². The zero-order chi connectivity index (χ0) is 35.5. The van der Waals surface area contributed by atoms with E-state index in [0.29, 0.717) is 22.5 Å². The lowest BCUT2D eigenvalue weighted by molar-refractivity contribution is -0.218. The quantitative estimate of drug-likeness (QED) is 0.275. The van der Waals surface area contributed by atoms with Gasteiger partial charge in [-0.2, -0.15) is 0 Å². The number of para-hydroxylation sites is 2. The second kappa shape index (κ2) is 10.0. The van der Waals surface area contributed by atoms with Crippen LogP contribution in [0.5, 0.6) is 0 Å². The molecule has 2 aromatic carbocycles. The van der Waals surface area contributed by atoms with Crippen LogP contribution in [-0.2, 0) is 34.7 Å². The topological polar surface area (TPSA) is 175 Å². The largest absolute Gasteiger partial charge is 0.394 e. The second-order valence-electron chi connectivity index (χ2n) is 14.3. The Balaban J connectivity index is 1.43. The van der Waals surface area contributed by atoms with E-state index < -0.39 is 81.2 Å². The first-order valence-electron chi connectivity index (χ1n) is 16.3. The van der Waals surface area contributed by atoms with Gasteiger partial charge in [0.2, 0.25) is 4.87 Å². The number of nitrogens with one attached hydrogen (secondary N) is 2. The summed E-state index contributed by atoms with van der Waals surface area (Å²) in [7, 11) is 7.85. The van der Waals surface area contributed by atoms with Gasteiger partial charge in [0.1, 0.15) is 30.6 Å². The molecule has 6 fully saturated rings. The maximum absolute atomic E-state index is 15.3. The minimum absolute atomic E-state index is 0.335. The van der Waals surface area contributed by atoms with Gasteiger partial charge in [0.25, 0.3) is 29.4 Å². The lowest BCUT2D eigenvalue weighted by Crippen LogP contribution is -2.75. The summed E-state index contributed by atoms with van der Waals surface area (Å²) in [4.78, 5) is 61.5. The average molecular weight is 741 g/mol. The van der Waals surface area contributed by atoms with Crippen molar-refractivity contribution in [1.82, 2.24) is 19.6 Å². The number of rotatable bonds is 4. The van der Waals surface area contributed by atoms with Crippen LogP contribution in [0.3, 0.4) is 0 Å². The number of likely N-dealkylation sites (N-methyl/N-ethyl adjacent to an activating group) is 2. The fraction of sp³-hybridized carbons (Fsp3) is 0.515. The van der Waals surface area contributed by atoms with Gasteiger partial charge in [-0.25, -0.2) is 0 Å². The van der Waals surface area contributed by atoms with Crippen molar-refractivity contribution in [2.75, 3.05) is 38.4 Å². The normalized spacial score (nSPS) is 42.2. The molecule has 8 aliphatic rings. The summed E-state index contributed by atoms with van der Waals surface area (Å²) in [6.07, 6.45) is -6.00. The molecule has 50 heavy (non-hydrogen) atoms. The Morgan fingerprint density at radius 3 is 1.94 bits per heavy atom. The standard InChI is InChI=1S/C33H36N6O8S3/c1-15(2)32-28(46)39-25-30(17-11-7-9-13-19(17)35-25,23(43)33(39,49-50-48-32)27(45)37(32)4)29-16-10-6-8-12-18(16)34-24(29)38-21(41)20(14-40)36(3)26(44)31(38,47-5)22(29)42/h6-13,15,20,22-25,34-35,40,42-43H,14H2,1-5H3/t20-,22+,23?,24-,25+,29?,30+,31-,32-,33?/m0/s1. The fourth-order valence-corrected chi connectivity index (χ4v) is 16.8.